The van der Waals surface area contributed by atoms with E-state index in [-0.39, 0.29) is 37.6 Å². The maximum Gasteiger partial charge on any atom is 0.313 e. The lowest BCUT2D eigenvalue weighted by molar-refractivity contribution is -0.140. The van der Waals surface area contributed by atoms with Crippen LogP contribution in [0.15, 0.2) is 18.2 Å². The Hall–Kier alpha value is -1.67. The molecule has 0 saturated carbocycles. The van der Waals surface area contributed by atoms with Crippen molar-refractivity contribution in [1.82, 2.24) is 4.90 Å². The lowest BCUT2D eigenvalue weighted by Gasteiger charge is -2.15. The van der Waals surface area contributed by atoms with Crippen molar-refractivity contribution in [2.75, 3.05) is 25.2 Å². The summed E-state index contributed by atoms with van der Waals surface area (Å²) in [7, 11) is 1.53. The minimum atomic E-state index is -0.497. The molecule has 2 saturated heterocycles. The van der Waals surface area contributed by atoms with E-state index in [1.54, 1.807) is 6.07 Å². The first kappa shape index (κ1) is 18.1. The molecule has 25 heavy (non-hydrogen) atoms. The molecule has 0 N–H and O–H groups in total. The second-order valence-corrected chi connectivity index (χ2v) is 8.37. The number of imide groups is 1. The summed E-state index contributed by atoms with van der Waals surface area (Å²) in [5, 5.41) is 0. The van der Waals surface area contributed by atoms with Gasteiger partial charge in [-0.05, 0) is 17.7 Å². The van der Waals surface area contributed by atoms with Crippen LogP contribution in [0, 0.1) is 0 Å². The summed E-state index contributed by atoms with van der Waals surface area (Å²) in [6.07, 6.45) is 0.414. The molecule has 2 aliphatic rings. The van der Waals surface area contributed by atoms with Crippen LogP contribution in [0.25, 0.3) is 0 Å². The topological polar surface area (TPSA) is 72.9 Å². The molecule has 2 aliphatic heterocycles. The number of rotatable bonds is 6. The summed E-state index contributed by atoms with van der Waals surface area (Å²) in [6, 6.07) is 5.57. The van der Waals surface area contributed by atoms with Gasteiger partial charge in [0.2, 0.25) is 11.8 Å². The van der Waals surface area contributed by atoms with Gasteiger partial charge in [-0.2, -0.15) is 0 Å². The van der Waals surface area contributed by atoms with Crippen LogP contribution in [-0.2, 0) is 14.4 Å². The fraction of sp³-hybridized carbons (Fsp3) is 0.471. The van der Waals surface area contributed by atoms with Gasteiger partial charge < -0.3 is 9.47 Å². The molecule has 134 valence electrons. The van der Waals surface area contributed by atoms with Gasteiger partial charge in [-0.1, -0.05) is 6.07 Å². The summed E-state index contributed by atoms with van der Waals surface area (Å²) in [6.45, 7) is 0.0618. The maximum atomic E-state index is 12.1. The average molecular weight is 381 g/mol. The van der Waals surface area contributed by atoms with Crippen molar-refractivity contribution in [1.29, 1.82) is 0 Å². The zero-order valence-electron chi connectivity index (χ0n) is 13.9. The number of methoxy groups -OCH3 is 1. The van der Waals surface area contributed by atoms with Crippen molar-refractivity contribution < 1.29 is 23.9 Å². The van der Waals surface area contributed by atoms with Gasteiger partial charge >= 0.3 is 5.97 Å². The molecule has 2 fully saturated rings. The SMILES string of the molecule is COc1cc(C2SCCS2)ccc1OC(=O)CCN1C(=O)CCC1=O. The molecule has 1 aromatic rings. The number of esters is 1. The fourth-order valence-corrected chi connectivity index (χ4v) is 5.55. The number of ether oxygens (including phenoxy) is 2. The van der Waals surface area contributed by atoms with E-state index in [0.29, 0.717) is 16.1 Å². The highest BCUT2D eigenvalue weighted by Gasteiger charge is 2.29. The lowest BCUT2D eigenvalue weighted by Crippen LogP contribution is -2.31. The van der Waals surface area contributed by atoms with Crippen LogP contribution in [0.4, 0.5) is 0 Å². The molecule has 0 atom stereocenters. The van der Waals surface area contributed by atoms with Gasteiger partial charge in [0, 0.05) is 30.9 Å². The number of amides is 2. The largest absolute Gasteiger partial charge is 0.493 e. The predicted octanol–water partition coefficient (Wildman–Crippen LogP) is 2.62. The van der Waals surface area contributed by atoms with E-state index < -0.39 is 5.97 Å². The van der Waals surface area contributed by atoms with Gasteiger partial charge in [0.05, 0.1) is 18.1 Å². The van der Waals surface area contributed by atoms with Crippen molar-refractivity contribution >= 4 is 41.3 Å². The molecule has 8 heteroatoms. The third kappa shape index (κ3) is 4.30. The summed E-state index contributed by atoms with van der Waals surface area (Å²) in [5.74, 6) is 2.15. The third-order valence-electron chi connectivity index (χ3n) is 4.00. The average Bonchev–Trinajstić information content (AvgIpc) is 3.24. The van der Waals surface area contributed by atoms with E-state index >= 15 is 0 Å². The molecular weight excluding hydrogens is 362 g/mol. The Balaban J connectivity index is 1.60. The van der Waals surface area contributed by atoms with Crippen LogP contribution in [0.3, 0.4) is 0 Å². The first-order valence-corrected chi connectivity index (χ1v) is 10.1. The highest BCUT2D eigenvalue weighted by Crippen LogP contribution is 2.46. The maximum absolute atomic E-state index is 12.1. The molecule has 0 aliphatic carbocycles. The van der Waals surface area contributed by atoms with E-state index in [4.69, 9.17) is 9.47 Å². The third-order valence-corrected chi connectivity index (χ3v) is 7.10. The Morgan fingerprint density at radius 1 is 1.16 bits per heavy atom. The van der Waals surface area contributed by atoms with Crippen LogP contribution in [0.2, 0.25) is 0 Å². The minimum absolute atomic E-state index is 0.0310. The molecule has 0 aromatic heterocycles. The van der Waals surface area contributed by atoms with E-state index in [1.807, 2.05) is 35.7 Å². The molecule has 1 aromatic carbocycles. The van der Waals surface area contributed by atoms with Gasteiger partial charge in [0.1, 0.15) is 0 Å². The van der Waals surface area contributed by atoms with Crippen LogP contribution in [-0.4, -0.2) is 47.8 Å². The first-order valence-electron chi connectivity index (χ1n) is 8.03. The smallest absolute Gasteiger partial charge is 0.313 e. The minimum Gasteiger partial charge on any atom is -0.493 e. The lowest BCUT2D eigenvalue weighted by atomic mass is 10.2. The number of hydrogen-bond acceptors (Lipinski definition) is 7. The molecule has 6 nitrogen and oxygen atoms in total. The van der Waals surface area contributed by atoms with Gasteiger partial charge in [-0.15, -0.1) is 23.5 Å². The highest BCUT2D eigenvalue weighted by atomic mass is 32.2. The summed E-state index contributed by atoms with van der Waals surface area (Å²) in [4.78, 5) is 36.3. The Bertz CT molecular complexity index is 672. The standard InChI is InChI=1S/C17H19NO5S2/c1-22-13-10-11(17-24-8-9-25-17)2-3-12(13)23-16(21)6-7-18-14(19)4-5-15(18)20/h2-3,10,17H,4-9H2,1H3. The van der Waals surface area contributed by atoms with Crippen LogP contribution in [0.1, 0.15) is 29.4 Å². The van der Waals surface area contributed by atoms with Crippen molar-refractivity contribution in [3.05, 3.63) is 23.8 Å². The van der Waals surface area contributed by atoms with Crippen LogP contribution in [0.5, 0.6) is 11.5 Å². The van der Waals surface area contributed by atoms with E-state index in [9.17, 15) is 14.4 Å². The molecule has 2 heterocycles. The quantitative estimate of drug-likeness (QED) is 0.426. The van der Waals surface area contributed by atoms with E-state index in [0.717, 1.165) is 22.0 Å². The van der Waals surface area contributed by atoms with E-state index in [2.05, 4.69) is 0 Å². The number of likely N-dealkylation sites (tertiary alicyclic amines) is 1. The first-order chi connectivity index (χ1) is 12.1. The summed E-state index contributed by atoms with van der Waals surface area (Å²) >= 11 is 3.77. The highest BCUT2D eigenvalue weighted by molar-refractivity contribution is 8.19. The number of nitrogens with zero attached hydrogens (tertiary/aromatic N) is 1. The van der Waals surface area contributed by atoms with E-state index in [1.165, 1.54) is 7.11 Å². The zero-order valence-corrected chi connectivity index (χ0v) is 15.5. The van der Waals surface area contributed by atoms with Crippen molar-refractivity contribution in [2.24, 2.45) is 0 Å². The second-order valence-electron chi connectivity index (χ2n) is 5.65. The number of carbonyl (C=O) groups is 3. The predicted molar refractivity (Wildman–Crippen MR) is 96.9 cm³/mol. The Morgan fingerprint density at radius 3 is 2.48 bits per heavy atom. The number of carbonyl (C=O) groups excluding carboxylic acids is 3. The van der Waals surface area contributed by atoms with Crippen LogP contribution < -0.4 is 9.47 Å². The second kappa shape index (κ2) is 8.14. The number of hydrogen-bond donors (Lipinski definition) is 0. The molecular formula is C17H19NO5S2. The Labute approximate surface area is 154 Å². The van der Waals surface area contributed by atoms with Crippen molar-refractivity contribution in [2.45, 2.75) is 23.8 Å². The molecule has 0 radical (unpaired) electrons. The van der Waals surface area contributed by atoms with Gasteiger partial charge in [-0.3, -0.25) is 19.3 Å². The Kier molecular flexibility index (Phi) is 5.90. The molecule has 0 spiro atoms. The van der Waals surface area contributed by atoms with Crippen LogP contribution >= 0.6 is 23.5 Å². The van der Waals surface area contributed by atoms with Crippen molar-refractivity contribution in [3.8, 4) is 11.5 Å². The number of benzene rings is 1. The Morgan fingerprint density at radius 2 is 1.84 bits per heavy atom. The zero-order chi connectivity index (χ0) is 17.8. The van der Waals surface area contributed by atoms with Gasteiger partial charge in [0.15, 0.2) is 11.5 Å². The molecule has 2 amide bonds. The normalized spacial score (nSPS) is 18.0. The molecule has 0 bridgehead atoms. The molecule has 0 unspecified atom stereocenters. The molecule has 3 rings (SSSR count). The summed E-state index contributed by atoms with van der Waals surface area (Å²) in [5.41, 5.74) is 1.14. The monoisotopic (exact) mass is 381 g/mol. The summed E-state index contributed by atoms with van der Waals surface area (Å²) < 4.78 is 11.1. The van der Waals surface area contributed by atoms with Gasteiger partial charge in [0.25, 0.3) is 0 Å². The van der Waals surface area contributed by atoms with Gasteiger partial charge in [-0.25, -0.2) is 0 Å². The fourth-order valence-electron chi connectivity index (χ4n) is 2.72. The number of thioether (sulfide) groups is 2. The van der Waals surface area contributed by atoms with Crippen molar-refractivity contribution in [3.63, 3.8) is 0 Å².